The van der Waals surface area contributed by atoms with Crippen LogP contribution in [0.1, 0.15) is 0 Å². The Morgan fingerprint density at radius 1 is 1.33 bits per heavy atom. The van der Waals surface area contributed by atoms with E-state index >= 15 is 0 Å². The van der Waals surface area contributed by atoms with E-state index in [0.29, 0.717) is 5.69 Å². The summed E-state index contributed by atoms with van der Waals surface area (Å²) in [4.78, 5) is 22.3. The Kier molecular flexibility index (Phi) is 5.18. The molecule has 0 aliphatic carbocycles. The molecule has 0 aliphatic rings. The lowest BCUT2D eigenvalue weighted by Gasteiger charge is -2.04. The third-order valence-corrected chi connectivity index (χ3v) is 1.94. The van der Waals surface area contributed by atoms with Crippen LogP contribution in [0, 0.1) is 0 Å². The van der Waals surface area contributed by atoms with Crippen molar-refractivity contribution in [1.29, 1.82) is 0 Å². The van der Waals surface area contributed by atoms with E-state index in [0.717, 1.165) is 6.20 Å². The molecule has 0 fully saturated rings. The number of ether oxygens (including phenoxy) is 1. The van der Waals surface area contributed by atoms with Gasteiger partial charge in [-0.3, -0.25) is 0 Å². The van der Waals surface area contributed by atoms with Gasteiger partial charge >= 0.3 is 11.9 Å². The second kappa shape index (κ2) is 6.90. The number of para-hydroxylation sites is 1. The predicted octanol–water partition coefficient (Wildman–Crippen LogP) is 1.80. The number of carboxylic acid groups (broad SMARTS) is 1. The normalized spacial score (nSPS) is 10.6. The molecule has 1 aromatic carbocycles. The van der Waals surface area contributed by atoms with E-state index in [1.807, 2.05) is 6.07 Å². The van der Waals surface area contributed by atoms with E-state index in [2.05, 4.69) is 16.6 Å². The molecule has 0 radical (unpaired) electrons. The minimum Gasteiger partial charge on any atom is -0.477 e. The minimum absolute atomic E-state index is 0.0329. The molecule has 0 saturated carbocycles. The van der Waals surface area contributed by atoms with Crippen molar-refractivity contribution in [1.82, 2.24) is 0 Å². The first kappa shape index (κ1) is 13.5. The molecule has 1 aromatic rings. The van der Waals surface area contributed by atoms with Crippen molar-refractivity contribution in [3.05, 3.63) is 54.8 Å². The molecular weight excluding hydrogens is 234 g/mol. The molecule has 0 aromatic heterocycles. The summed E-state index contributed by atoms with van der Waals surface area (Å²) >= 11 is 0. The molecule has 18 heavy (non-hydrogen) atoms. The van der Waals surface area contributed by atoms with Crippen LogP contribution in [0.3, 0.4) is 0 Å². The largest absolute Gasteiger partial charge is 0.477 e. The zero-order valence-electron chi connectivity index (χ0n) is 9.63. The van der Waals surface area contributed by atoms with Crippen LogP contribution >= 0.6 is 0 Å². The van der Waals surface area contributed by atoms with Crippen LogP contribution in [0.25, 0.3) is 0 Å². The van der Waals surface area contributed by atoms with Gasteiger partial charge in [0.25, 0.3) is 0 Å². The van der Waals surface area contributed by atoms with E-state index in [1.54, 1.807) is 24.3 Å². The lowest BCUT2D eigenvalue weighted by Crippen LogP contribution is -2.16. The summed E-state index contributed by atoms with van der Waals surface area (Å²) in [5, 5.41) is 11.6. The quantitative estimate of drug-likeness (QED) is 0.263. The molecule has 0 amide bonds. The number of anilines is 1. The van der Waals surface area contributed by atoms with Crippen LogP contribution in [-0.4, -0.2) is 23.7 Å². The third kappa shape index (κ3) is 4.13. The first-order valence-corrected chi connectivity index (χ1v) is 5.18. The number of rotatable bonds is 6. The summed E-state index contributed by atoms with van der Waals surface area (Å²) < 4.78 is 4.66. The van der Waals surface area contributed by atoms with Gasteiger partial charge in [-0.15, -0.1) is 0 Å². The topological polar surface area (TPSA) is 75.6 Å². The zero-order chi connectivity index (χ0) is 13.4. The monoisotopic (exact) mass is 247 g/mol. The van der Waals surface area contributed by atoms with Crippen molar-refractivity contribution in [2.45, 2.75) is 0 Å². The van der Waals surface area contributed by atoms with Crippen molar-refractivity contribution in [3.63, 3.8) is 0 Å². The van der Waals surface area contributed by atoms with E-state index < -0.39 is 17.5 Å². The second-order valence-corrected chi connectivity index (χ2v) is 3.26. The summed E-state index contributed by atoms with van der Waals surface area (Å²) in [5.74, 6) is -2.27. The van der Waals surface area contributed by atoms with Gasteiger partial charge in [0.2, 0.25) is 0 Å². The summed E-state index contributed by atoms with van der Waals surface area (Å²) in [6, 6.07) is 8.88. The highest BCUT2D eigenvalue weighted by Gasteiger charge is 2.18. The van der Waals surface area contributed by atoms with E-state index in [-0.39, 0.29) is 6.61 Å². The number of nitrogens with one attached hydrogen (secondary N) is 1. The number of carbonyl (C=O) groups excluding carboxylic acids is 1. The number of carboxylic acids is 1. The lowest BCUT2D eigenvalue weighted by atomic mass is 10.3. The number of carbonyl (C=O) groups is 2. The van der Waals surface area contributed by atoms with Gasteiger partial charge in [-0.25, -0.2) is 9.59 Å². The van der Waals surface area contributed by atoms with Crippen LogP contribution in [0.5, 0.6) is 0 Å². The van der Waals surface area contributed by atoms with Gasteiger partial charge in [0.1, 0.15) is 6.61 Å². The SMILES string of the molecule is C=CCOC(=O)C(=CNc1ccccc1)C(=O)O. The van der Waals surface area contributed by atoms with E-state index in [4.69, 9.17) is 5.11 Å². The standard InChI is InChI=1S/C13H13NO4/c1-2-8-18-13(17)11(12(15)16)9-14-10-6-4-3-5-7-10/h2-7,9,14H,1,8H2,(H,15,16). The van der Waals surface area contributed by atoms with Gasteiger partial charge in [-0.2, -0.15) is 0 Å². The van der Waals surface area contributed by atoms with Gasteiger partial charge in [0, 0.05) is 11.9 Å². The fraction of sp³-hybridized carbons (Fsp3) is 0.0769. The van der Waals surface area contributed by atoms with Gasteiger partial charge in [0.15, 0.2) is 5.57 Å². The maximum Gasteiger partial charge on any atom is 0.347 e. The van der Waals surface area contributed by atoms with Crippen molar-refractivity contribution in [3.8, 4) is 0 Å². The Morgan fingerprint density at radius 3 is 2.56 bits per heavy atom. The van der Waals surface area contributed by atoms with Gasteiger partial charge in [0.05, 0.1) is 0 Å². The van der Waals surface area contributed by atoms with Crippen molar-refractivity contribution in [2.75, 3.05) is 11.9 Å². The Labute approximate surface area is 104 Å². The maximum atomic E-state index is 11.4. The highest BCUT2D eigenvalue weighted by Crippen LogP contribution is 2.07. The average Bonchev–Trinajstić information content (AvgIpc) is 2.37. The molecule has 0 spiro atoms. The van der Waals surface area contributed by atoms with Crippen LogP contribution in [0.4, 0.5) is 5.69 Å². The van der Waals surface area contributed by atoms with Gasteiger partial charge in [-0.05, 0) is 12.1 Å². The summed E-state index contributed by atoms with van der Waals surface area (Å²) in [6.07, 6.45) is 2.46. The minimum atomic E-state index is -1.35. The number of hydrogen-bond donors (Lipinski definition) is 2. The highest BCUT2D eigenvalue weighted by atomic mass is 16.5. The van der Waals surface area contributed by atoms with Crippen LogP contribution in [0.15, 0.2) is 54.8 Å². The summed E-state index contributed by atoms with van der Waals surface area (Å²) in [5.41, 5.74) is 0.202. The summed E-state index contributed by atoms with van der Waals surface area (Å²) in [7, 11) is 0. The molecule has 0 atom stereocenters. The fourth-order valence-electron chi connectivity index (χ4n) is 1.11. The van der Waals surface area contributed by atoms with E-state index in [1.165, 1.54) is 6.08 Å². The molecule has 0 bridgehead atoms. The van der Waals surface area contributed by atoms with Gasteiger partial charge < -0.3 is 15.2 Å². The third-order valence-electron chi connectivity index (χ3n) is 1.94. The van der Waals surface area contributed by atoms with Crippen LogP contribution in [-0.2, 0) is 14.3 Å². The molecule has 0 saturated heterocycles. The Bertz CT molecular complexity index is 465. The van der Waals surface area contributed by atoms with Crippen molar-refractivity contribution in [2.24, 2.45) is 0 Å². The number of hydrogen-bond acceptors (Lipinski definition) is 4. The Hall–Kier alpha value is -2.56. The van der Waals surface area contributed by atoms with Crippen molar-refractivity contribution >= 4 is 17.6 Å². The maximum absolute atomic E-state index is 11.4. The Balaban J connectivity index is 2.75. The smallest absolute Gasteiger partial charge is 0.347 e. The molecule has 0 heterocycles. The average molecular weight is 247 g/mol. The highest BCUT2D eigenvalue weighted by molar-refractivity contribution is 6.13. The van der Waals surface area contributed by atoms with Crippen LogP contribution in [0.2, 0.25) is 0 Å². The molecule has 5 heteroatoms. The first-order chi connectivity index (χ1) is 8.65. The molecule has 5 nitrogen and oxygen atoms in total. The summed E-state index contributed by atoms with van der Waals surface area (Å²) in [6.45, 7) is 3.34. The predicted molar refractivity (Wildman–Crippen MR) is 66.9 cm³/mol. The van der Waals surface area contributed by atoms with Gasteiger partial charge in [-0.1, -0.05) is 30.9 Å². The van der Waals surface area contributed by atoms with Crippen molar-refractivity contribution < 1.29 is 19.4 Å². The van der Waals surface area contributed by atoms with E-state index in [9.17, 15) is 9.59 Å². The Morgan fingerprint density at radius 2 is 2.00 bits per heavy atom. The molecule has 0 unspecified atom stereocenters. The lowest BCUT2D eigenvalue weighted by molar-refractivity contribution is -0.143. The first-order valence-electron chi connectivity index (χ1n) is 5.18. The fourth-order valence-corrected chi connectivity index (χ4v) is 1.11. The molecular formula is C13H13NO4. The second-order valence-electron chi connectivity index (χ2n) is 3.26. The van der Waals surface area contributed by atoms with Crippen LogP contribution < -0.4 is 5.32 Å². The number of esters is 1. The molecule has 2 N–H and O–H groups in total. The molecule has 1 rings (SSSR count). The molecule has 94 valence electrons. The zero-order valence-corrected chi connectivity index (χ0v) is 9.63. The molecule has 0 aliphatic heterocycles. The number of benzene rings is 1. The number of aliphatic carboxylic acids is 1.